The van der Waals surface area contributed by atoms with E-state index in [2.05, 4.69) is 10.6 Å². The maximum Gasteiger partial charge on any atom is 0.319 e. The van der Waals surface area contributed by atoms with E-state index in [0.29, 0.717) is 22.3 Å². The molecule has 0 bridgehead atoms. The molecule has 0 radical (unpaired) electrons. The summed E-state index contributed by atoms with van der Waals surface area (Å²) in [5.41, 5.74) is 6.60. The highest BCUT2D eigenvalue weighted by Gasteiger charge is 2.27. The summed E-state index contributed by atoms with van der Waals surface area (Å²) < 4.78 is 0. The number of hydrogen-bond donors (Lipinski definition) is 3. The summed E-state index contributed by atoms with van der Waals surface area (Å²) in [5, 5.41) is 6.41. The maximum atomic E-state index is 11.8. The molecule has 2 amide bonds. The molecule has 2 rings (SSSR count). The molecule has 1 aromatic rings. The number of rotatable bonds is 3. The van der Waals surface area contributed by atoms with Crippen LogP contribution >= 0.6 is 23.2 Å². The van der Waals surface area contributed by atoms with Crippen molar-refractivity contribution in [2.75, 3.05) is 11.9 Å². The largest absolute Gasteiger partial charge is 0.336 e. The highest BCUT2D eigenvalue weighted by molar-refractivity contribution is 6.42. The fraction of sp³-hybridized carbons (Fsp3) is 0.500. The SMILES string of the molecule is NC1(CNC(=O)Nc2ccc(Cl)c(Cl)c2)CCCCC1. The second-order valence-electron chi connectivity index (χ2n) is 5.36. The van der Waals surface area contributed by atoms with E-state index in [-0.39, 0.29) is 11.6 Å². The van der Waals surface area contributed by atoms with E-state index in [4.69, 9.17) is 28.9 Å². The third-order valence-electron chi connectivity index (χ3n) is 3.63. The molecule has 4 N–H and O–H groups in total. The minimum atomic E-state index is -0.279. The van der Waals surface area contributed by atoms with E-state index in [1.54, 1.807) is 18.2 Å². The van der Waals surface area contributed by atoms with Crippen molar-refractivity contribution >= 4 is 34.9 Å². The van der Waals surface area contributed by atoms with Crippen LogP contribution in [0.4, 0.5) is 10.5 Å². The van der Waals surface area contributed by atoms with Gasteiger partial charge >= 0.3 is 6.03 Å². The van der Waals surface area contributed by atoms with Gasteiger partial charge in [-0.1, -0.05) is 42.5 Å². The lowest BCUT2D eigenvalue weighted by molar-refractivity contribution is 0.241. The Balaban J connectivity index is 1.84. The Bertz CT molecular complexity index is 487. The van der Waals surface area contributed by atoms with E-state index in [9.17, 15) is 4.79 Å². The number of amides is 2. The molecule has 1 aromatic carbocycles. The standard InChI is InChI=1S/C14H19Cl2N3O/c15-11-5-4-10(8-12(11)16)19-13(20)18-9-14(17)6-2-1-3-7-14/h4-5,8H,1-3,6-7,9,17H2,(H2,18,19,20). The Morgan fingerprint density at radius 3 is 2.55 bits per heavy atom. The molecule has 1 fully saturated rings. The number of benzene rings is 1. The summed E-state index contributed by atoms with van der Waals surface area (Å²) >= 11 is 11.7. The number of nitrogens with two attached hydrogens (primary N) is 1. The first kappa shape index (κ1) is 15.4. The molecule has 1 aliphatic carbocycles. The minimum Gasteiger partial charge on any atom is -0.336 e. The molecule has 0 saturated heterocycles. The Morgan fingerprint density at radius 2 is 1.90 bits per heavy atom. The topological polar surface area (TPSA) is 67.1 Å². The molecule has 0 atom stereocenters. The van der Waals surface area contributed by atoms with E-state index in [0.717, 1.165) is 25.7 Å². The van der Waals surface area contributed by atoms with Gasteiger partial charge in [-0.3, -0.25) is 0 Å². The van der Waals surface area contributed by atoms with Crippen LogP contribution in [0.1, 0.15) is 32.1 Å². The van der Waals surface area contributed by atoms with Gasteiger partial charge in [0.05, 0.1) is 10.0 Å². The average Bonchev–Trinajstić information content (AvgIpc) is 2.42. The number of nitrogens with one attached hydrogen (secondary N) is 2. The predicted molar refractivity (Wildman–Crippen MR) is 83.5 cm³/mol. The Hall–Kier alpha value is -0.970. The fourth-order valence-corrected chi connectivity index (χ4v) is 2.74. The molecule has 1 saturated carbocycles. The highest BCUT2D eigenvalue weighted by Crippen LogP contribution is 2.26. The number of anilines is 1. The third kappa shape index (κ3) is 4.27. The summed E-state index contributed by atoms with van der Waals surface area (Å²) in [7, 11) is 0. The third-order valence-corrected chi connectivity index (χ3v) is 4.37. The van der Waals surface area contributed by atoms with Crippen molar-refractivity contribution in [2.24, 2.45) is 5.73 Å². The zero-order chi connectivity index (χ0) is 14.6. The van der Waals surface area contributed by atoms with Crippen LogP contribution in [-0.4, -0.2) is 18.1 Å². The van der Waals surface area contributed by atoms with Crippen molar-refractivity contribution in [3.05, 3.63) is 28.2 Å². The zero-order valence-corrected chi connectivity index (χ0v) is 12.7. The first-order chi connectivity index (χ1) is 9.48. The summed E-state index contributed by atoms with van der Waals surface area (Å²) in [6.45, 7) is 0.486. The number of urea groups is 1. The van der Waals surface area contributed by atoms with Crippen molar-refractivity contribution in [1.29, 1.82) is 0 Å². The van der Waals surface area contributed by atoms with Gasteiger partial charge in [-0.05, 0) is 31.0 Å². The van der Waals surface area contributed by atoms with Crippen LogP contribution in [-0.2, 0) is 0 Å². The van der Waals surface area contributed by atoms with Crippen molar-refractivity contribution in [3.8, 4) is 0 Å². The van der Waals surface area contributed by atoms with Crippen molar-refractivity contribution in [2.45, 2.75) is 37.6 Å². The number of carbonyl (C=O) groups is 1. The van der Waals surface area contributed by atoms with Crippen molar-refractivity contribution < 1.29 is 4.79 Å². The number of halogens is 2. The molecule has 110 valence electrons. The lowest BCUT2D eigenvalue weighted by atomic mass is 9.82. The van der Waals surface area contributed by atoms with Gasteiger partial charge in [0.1, 0.15) is 0 Å². The molecule has 20 heavy (non-hydrogen) atoms. The van der Waals surface area contributed by atoms with Crippen LogP contribution in [0.2, 0.25) is 10.0 Å². The van der Waals surface area contributed by atoms with E-state index in [1.807, 2.05) is 0 Å². The first-order valence-corrected chi connectivity index (χ1v) is 7.53. The van der Waals surface area contributed by atoms with Crippen molar-refractivity contribution in [3.63, 3.8) is 0 Å². The van der Waals surface area contributed by atoms with Crippen LogP contribution in [0, 0.1) is 0 Å². The quantitative estimate of drug-likeness (QED) is 0.794. The summed E-state index contributed by atoms with van der Waals surface area (Å²) in [6, 6.07) is 4.68. The number of carbonyl (C=O) groups excluding carboxylic acids is 1. The molecule has 0 spiro atoms. The highest BCUT2D eigenvalue weighted by atomic mass is 35.5. The van der Waals surface area contributed by atoms with Crippen molar-refractivity contribution in [1.82, 2.24) is 5.32 Å². The van der Waals surface area contributed by atoms with Crippen LogP contribution in [0.5, 0.6) is 0 Å². The molecule has 0 unspecified atom stereocenters. The van der Waals surface area contributed by atoms with Gasteiger partial charge in [0.2, 0.25) is 0 Å². The average molecular weight is 316 g/mol. The van der Waals surface area contributed by atoms with Crippen LogP contribution in [0.3, 0.4) is 0 Å². The molecule has 0 aliphatic heterocycles. The number of hydrogen-bond acceptors (Lipinski definition) is 2. The van der Waals surface area contributed by atoms with E-state index < -0.39 is 0 Å². The molecular formula is C14H19Cl2N3O. The monoisotopic (exact) mass is 315 g/mol. The Labute approximate surface area is 129 Å². The normalized spacial score (nSPS) is 17.6. The lowest BCUT2D eigenvalue weighted by Crippen LogP contribution is -2.52. The van der Waals surface area contributed by atoms with E-state index >= 15 is 0 Å². The molecular weight excluding hydrogens is 297 g/mol. The predicted octanol–water partition coefficient (Wildman–Crippen LogP) is 3.78. The minimum absolute atomic E-state index is 0.271. The fourth-order valence-electron chi connectivity index (χ4n) is 2.44. The second-order valence-corrected chi connectivity index (χ2v) is 6.17. The van der Waals surface area contributed by atoms with Gasteiger partial charge in [0, 0.05) is 17.8 Å². The molecule has 0 heterocycles. The smallest absolute Gasteiger partial charge is 0.319 e. The van der Waals surface area contributed by atoms with Crippen LogP contribution in [0.25, 0.3) is 0 Å². The zero-order valence-electron chi connectivity index (χ0n) is 11.2. The lowest BCUT2D eigenvalue weighted by Gasteiger charge is -2.33. The molecule has 6 heteroatoms. The Morgan fingerprint density at radius 1 is 1.20 bits per heavy atom. The molecule has 0 aromatic heterocycles. The Kier molecular flexibility index (Phi) is 5.13. The van der Waals surface area contributed by atoms with Gasteiger partial charge in [-0.25, -0.2) is 4.79 Å². The summed E-state index contributed by atoms with van der Waals surface area (Å²) in [5.74, 6) is 0. The molecule has 4 nitrogen and oxygen atoms in total. The summed E-state index contributed by atoms with van der Waals surface area (Å²) in [4.78, 5) is 11.8. The van der Waals surface area contributed by atoms with Gasteiger partial charge < -0.3 is 16.4 Å². The first-order valence-electron chi connectivity index (χ1n) is 6.77. The second kappa shape index (κ2) is 6.66. The molecule has 1 aliphatic rings. The summed E-state index contributed by atoms with van der Waals surface area (Å²) in [6.07, 6.45) is 5.41. The maximum absolute atomic E-state index is 11.8. The van der Waals surface area contributed by atoms with Crippen LogP contribution < -0.4 is 16.4 Å². The van der Waals surface area contributed by atoms with Gasteiger partial charge in [0.25, 0.3) is 0 Å². The van der Waals surface area contributed by atoms with Crippen LogP contribution in [0.15, 0.2) is 18.2 Å². The van der Waals surface area contributed by atoms with Gasteiger partial charge in [-0.2, -0.15) is 0 Å². The van der Waals surface area contributed by atoms with E-state index in [1.165, 1.54) is 6.42 Å². The van der Waals surface area contributed by atoms with Gasteiger partial charge in [-0.15, -0.1) is 0 Å². The van der Waals surface area contributed by atoms with Gasteiger partial charge in [0.15, 0.2) is 0 Å².